The third-order valence-electron chi connectivity index (χ3n) is 9.55. The van der Waals surface area contributed by atoms with E-state index in [2.05, 4.69) is 19.9 Å². The van der Waals surface area contributed by atoms with Crippen LogP contribution in [0.2, 0.25) is 0 Å². The Kier molecular flexibility index (Phi) is 12.7. The SMILES string of the molecule is CC1OC(COC2OC(CO)C(O)C(OC3CN(c4nc(=S)c5[nH]cnc5[nH]4)CC(CO)O3)C2O)C(O)C(OC2OC(CO)C(O)C(O)C2O)C1O. The number of ether oxygens (including phenoxy) is 7. The molecule has 6 heterocycles. The Morgan fingerprint density at radius 2 is 1.44 bits per heavy atom. The summed E-state index contributed by atoms with van der Waals surface area (Å²) in [6.07, 6.45) is -23.2. The largest absolute Gasteiger partial charge is 0.394 e. The smallest absolute Gasteiger partial charge is 0.206 e. The van der Waals surface area contributed by atoms with E-state index in [1.165, 1.54) is 13.3 Å². The van der Waals surface area contributed by atoms with Crippen LogP contribution in [0.4, 0.5) is 5.95 Å². The van der Waals surface area contributed by atoms with Crippen molar-refractivity contribution >= 4 is 29.3 Å². The van der Waals surface area contributed by atoms with Crippen molar-refractivity contribution in [2.75, 3.05) is 44.4 Å². The molecule has 52 heavy (non-hydrogen) atoms. The van der Waals surface area contributed by atoms with E-state index in [9.17, 15) is 51.1 Å². The molecule has 12 N–H and O–H groups in total. The van der Waals surface area contributed by atoms with Gasteiger partial charge in [-0.2, -0.15) is 0 Å². The van der Waals surface area contributed by atoms with Crippen LogP contribution in [0, 0.1) is 4.64 Å². The summed E-state index contributed by atoms with van der Waals surface area (Å²) >= 11 is 5.36. The van der Waals surface area contributed by atoms with Crippen molar-refractivity contribution < 1.29 is 84.2 Å². The molecule has 4 aliphatic rings. The van der Waals surface area contributed by atoms with Crippen molar-refractivity contribution in [2.45, 2.75) is 111 Å². The molecule has 0 spiro atoms. The summed E-state index contributed by atoms with van der Waals surface area (Å²) in [5.74, 6) is 0.307. The number of aliphatic hydroxyl groups excluding tert-OH is 10. The fourth-order valence-corrected chi connectivity index (χ4v) is 6.85. The van der Waals surface area contributed by atoms with E-state index >= 15 is 0 Å². The molecule has 0 amide bonds. The standard InChI is InChI=1S/C29H45N5O17S/c1-9-16(38)23(51-28-21(43)20(42)17(39)11(5-36)49-28)19(41)13(46-9)7-45-27-22(44)24(18(40)12(6-37)48-27)50-14-3-34(2-10(4-35)47-14)29-32-25-15(26(52)33-29)30-8-31-25/h8-14,16-24,27-28,35-44H,2-7H2,1H3,(H2,30,31,32,33,52). The van der Waals surface area contributed by atoms with Crippen molar-refractivity contribution in [3.05, 3.63) is 11.0 Å². The first-order chi connectivity index (χ1) is 24.8. The van der Waals surface area contributed by atoms with Crippen molar-refractivity contribution in [1.82, 2.24) is 19.9 Å². The zero-order valence-corrected chi connectivity index (χ0v) is 28.5. The van der Waals surface area contributed by atoms with Crippen LogP contribution < -0.4 is 4.90 Å². The maximum atomic E-state index is 11.3. The number of aromatic nitrogens is 4. The quantitative estimate of drug-likeness (QED) is 0.0947. The molecule has 6 rings (SSSR count). The fourth-order valence-electron chi connectivity index (χ4n) is 6.61. The predicted octanol–water partition coefficient (Wildman–Crippen LogP) is -5.93. The van der Waals surface area contributed by atoms with Crippen LogP contribution in [0.15, 0.2) is 6.33 Å². The molecule has 23 heteroatoms. The molecule has 294 valence electrons. The van der Waals surface area contributed by atoms with Gasteiger partial charge in [0.15, 0.2) is 29.2 Å². The van der Waals surface area contributed by atoms with Crippen molar-refractivity contribution in [3.8, 4) is 0 Å². The summed E-state index contributed by atoms with van der Waals surface area (Å²) < 4.78 is 40.3. The summed E-state index contributed by atoms with van der Waals surface area (Å²) in [6.45, 7) is -0.726. The zero-order valence-electron chi connectivity index (χ0n) is 27.7. The van der Waals surface area contributed by atoms with Gasteiger partial charge in [0, 0.05) is 6.54 Å². The lowest BCUT2D eigenvalue weighted by Gasteiger charge is -2.47. The summed E-state index contributed by atoms with van der Waals surface area (Å²) in [4.78, 5) is 16.2. The molecule has 2 aromatic heterocycles. The van der Waals surface area contributed by atoms with Gasteiger partial charge in [0.2, 0.25) is 5.95 Å². The van der Waals surface area contributed by atoms with Crippen LogP contribution in [0.3, 0.4) is 0 Å². The van der Waals surface area contributed by atoms with Gasteiger partial charge < -0.3 is 99.1 Å². The second-order valence-corrected chi connectivity index (χ2v) is 13.5. The zero-order chi connectivity index (χ0) is 37.4. The predicted molar refractivity (Wildman–Crippen MR) is 171 cm³/mol. The van der Waals surface area contributed by atoms with Crippen molar-refractivity contribution in [1.29, 1.82) is 0 Å². The van der Waals surface area contributed by atoms with Crippen molar-refractivity contribution in [2.24, 2.45) is 0 Å². The third-order valence-corrected chi connectivity index (χ3v) is 9.85. The van der Waals surface area contributed by atoms with Gasteiger partial charge in [0.25, 0.3) is 0 Å². The monoisotopic (exact) mass is 767 g/mol. The number of aromatic amines is 2. The lowest BCUT2D eigenvalue weighted by molar-refractivity contribution is -0.351. The minimum Gasteiger partial charge on any atom is -0.394 e. The molecular formula is C29H45N5O17S. The minimum absolute atomic E-state index is 0.00499. The molecule has 0 aromatic carbocycles. The number of nitrogens with zero attached hydrogens (tertiary/aromatic N) is 3. The average molecular weight is 768 g/mol. The van der Waals surface area contributed by atoms with Crippen LogP contribution in [0.5, 0.6) is 0 Å². The number of H-pyrrole nitrogens is 2. The third kappa shape index (κ3) is 7.98. The maximum Gasteiger partial charge on any atom is 0.206 e. The fraction of sp³-hybridized carbons (Fsp3) is 0.828. The minimum atomic E-state index is -1.81. The second kappa shape index (κ2) is 16.7. The topological polar surface area (TPSA) is 328 Å². The first-order valence-corrected chi connectivity index (χ1v) is 17.1. The Hall–Kier alpha value is -2.11. The van der Waals surface area contributed by atoms with E-state index in [4.69, 9.17) is 45.4 Å². The highest BCUT2D eigenvalue weighted by molar-refractivity contribution is 7.71. The Bertz CT molecular complexity index is 1520. The maximum absolute atomic E-state index is 11.3. The number of anilines is 1. The first kappa shape index (κ1) is 39.6. The lowest BCUT2D eigenvalue weighted by atomic mass is 9.94. The highest BCUT2D eigenvalue weighted by Gasteiger charge is 2.52. The second-order valence-electron chi connectivity index (χ2n) is 13.1. The Labute approximate surface area is 300 Å². The highest BCUT2D eigenvalue weighted by Crippen LogP contribution is 2.32. The van der Waals surface area contributed by atoms with Gasteiger partial charge in [-0.15, -0.1) is 0 Å². The molecule has 0 aliphatic carbocycles. The Morgan fingerprint density at radius 3 is 2.15 bits per heavy atom. The molecule has 17 unspecified atom stereocenters. The number of aliphatic hydroxyl groups is 10. The van der Waals surface area contributed by atoms with E-state index in [1.807, 2.05) is 0 Å². The summed E-state index contributed by atoms with van der Waals surface area (Å²) in [5, 5.41) is 104. The normalized spacial score (nSPS) is 43.2. The van der Waals surface area contributed by atoms with Gasteiger partial charge in [0.1, 0.15) is 84.9 Å². The van der Waals surface area contributed by atoms with Crippen LogP contribution in [0.1, 0.15) is 6.92 Å². The summed E-state index contributed by atoms with van der Waals surface area (Å²) in [7, 11) is 0. The number of morpholine rings is 1. The number of hydrogen-bond donors (Lipinski definition) is 12. The Balaban J connectivity index is 1.12. The average Bonchev–Trinajstić information content (AvgIpc) is 3.63. The molecule has 17 atom stereocenters. The highest BCUT2D eigenvalue weighted by atomic mass is 32.1. The summed E-state index contributed by atoms with van der Waals surface area (Å²) in [6, 6.07) is 0. The van der Waals surface area contributed by atoms with E-state index in [1.54, 1.807) is 4.90 Å². The van der Waals surface area contributed by atoms with E-state index in [0.717, 1.165) is 0 Å². The molecule has 4 fully saturated rings. The number of nitrogens with one attached hydrogen (secondary N) is 2. The van der Waals surface area contributed by atoms with E-state index in [-0.39, 0.29) is 17.7 Å². The molecule has 0 saturated carbocycles. The molecule has 0 bridgehead atoms. The van der Waals surface area contributed by atoms with Crippen LogP contribution in [-0.2, 0) is 33.2 Å². The van der Waals surface area contributed by atoms with E-state index < -0.39 is 131 Å². The number of fused-ring (bicyclic) bond motifs is 1. The number of imidazole rings is 1. The van der Waals surface area contributed by atoms with E-state index in [0.29, 0.717) is 17.1 Å². The van der Waals surface area contributed by atoms with Gasteiger partial charge in [-0.25, -0.2) is 9.97 Å². The van der Waals surface area contributed by atoms with Gasteiger partial charge >= 0.3 is 0 Å². The summed E-state index contributed by atoms with van der Waals surface area (Å²) in [5.41, 5.74) is 0.977. The van der Waals surface area contributed by atoms with Gasteiger partial charge in [-0.3, -0.25) is 0 Å². The molecule has 4 saturated heterocycles. The first-order valence-electron chi connectivity index (χ1n) is 16.7. The Morgan fingerprint density at radius 1 is 0.769 bits per heavy atom. The number of hydrogen-bond acceptors (Lipinski definition) is 21. The molecule has 2 aromatic rings. The van der Waals surface area contributed by atoms with Crippen LogP contribution in [-0.4, -0.2) is 215 Å². The molecule has 22 nitrogen and oxygen atoms in total. The van der Waals surface area contributed by atoms with Crippen LogP contribution >= 0.6 is 12.2 Å². The van der Waals surface area contributed by atoms with Gasteiger partial charge in [-0.1, -0.05) is 12.2 Å². The lowest BCUT2D eigenvalue weighted by Crippen LogP contribution is -2.65. The molecular weight excluding hydrogens is 722 g/mol. The van der Waals surface area contributed by atoms with Gasteiger partial charge in [-0.05, 0) is 6.92 Å². The molecule has 4 aliphatic heterocycles. The van der Waals surface area contributed by atoms with Gasteiger partial charge in [0.05, 0.1) is 45.4 Å². The van der Waals surface area contributed by atoms with Crippen LogP contribution in [0.25, 0.3) is 11.2 Å². The van der Waals surface area contributed by atoms with Crippen molar-refractivity contribution in [3.63, 3.8) is 0 Å². The number of rotatable bonds is 11. The molecule has 0 radical (unpaired) electrons.